The van der Waals surface area contributed by atoms with Gasteiger partial charge in [0.1, 0.15) is 0 Å². The standard InChI is InChI=1S/C20H21N5O2/c26-19(17-11-13-5-1-2-6-14(13)12-23-17)21-9-10-22-20(27)18-15-7-3-4-8-16(15)24-25-18/h1-8,17,23H,9-12H2,(H,21,26)(H,22,27)(H,24,25). The molecule has 3 aromatic rings. The lowest BCUT2D eigenvalue weighted by Gasteiger charge is -2.25. The minimum atomic E-state index is -0.258. The molecule has 0 spiro atoms. The molecule has 138 valence electrons. The van der Waals surface area contributed by atoms with Crippen LogP contribution in [0.4, 0.5) is 0 Å². The molecule has 1 aliphatic heterocycles. The lowest BCUT2D eigenvalue weighted by atomic mass is 9.95. The molecule has 0 bridgehead atoms. The van der Waals surface area contributed by atoms with Gasteiger partial charge in [0.15, 0.2) is 5.69 Å². The Labute approximate surface area is 156 Å². The first kappa shape index (κ1) is 17.2. The average molecular weight is 363 g/mol. The molecule has 7 nitrogen and oxygen atoms in total. The van der Waals surface area contributed by atoms with Gasteiger partial charge in [-0.05, 0) is 23.6 Å². The van der Waals surface area contributed by atoms with Crippen molar-refractivity contribution < 1.29 is 9.59 Å². The van der Waals surface area contributed by atoms with Crippen LogP contribution in [0.25, 0.3) is 10.9 Å². The maximum absolute atomic E-state index is 12.4. The number of aromatic amines is 1. The second-order valence-electron chi connectivity index (χ2n) is 6.57. The molecule has 0 aliphatic carbocycles. The maximum Gasteiger partial charge on any atom is 0.272 e. The monoisotopic (exact) mass is 363 g/mol. The molecule has 0 radical (unpaired) electrons. The summed E-state index contributed by atoms with van der Waals surface area (Å²) in [4.78, 5) is 24.6. The van der Waals surface area contributed by atoms with Gasteiger partial charge in [-0.3, -0.25) is 14.7 Å². The highest BCUT2D eigenvalue weighted by Crippen LogP contribution is 2.16. The Hall–Kier alpha value is -3.19. The summed E-state index contributed by atoms with van der Waals surface area (Å²) in [5, 5.41) is 16.6. The number of hydrogen-bond donors (Lipinski definition) is 4. The van der Waals surface area contributed by atoms with Crippen LogP contribution in [0.5, 0.6) is 0 Å². The summed E-state index contributed by atoms with van der Waals surface area (Å²) in [5.74, 6) is -0.310. The molecule has 7 heteroatoms. The smallest absolute Gasteiger partial charge is 0.272 e. The summed E-state index contributed by atoms with van der Waals surface area (Å²) >= 11 is 0. The Kier molecular flexibility index (Phi) is 4.84. The van der Waals surface area contributed by atoms with Gasteiger partial charge in [-0.2, -0.15) is 5.10 Å². The number of nitrogens with zero attached hydrogens (tertiary/aromatic N) is 1. The number of benzene rings is 2. The fraction of sp³-hybridized carbons (Fsp3) is 0.250. The van der Waals surface area contributed by atoms with Crippen molar-refractivity contribution in [2.75, 3.05) is 13.1 Å². The highest BCUT2D eigenvalue weighted by Gasteiger charge is 2.23. The van der Waals surface area contributed by atoms with Gasteiger partial charge in [0, 0.05) is 25.0 Å². The number of carbonyl (C=O) groups excluding carboxylic acids is 2. The Balaban J connectivity index is 1.25. The van der Waals surface area contributed by atoms with E-state index in [9.17, 15) is 9.59 Å². The SMILES string of the molecule is O=C(NCCNC(=O)C1Cc2ccccc2CN1)c1n[nH]c2ccccc12. The molecule has 2 heterocycles. The number of H-pyrrole nitrogens is 1. The molecule has 2 amide bonds. The molecular weight excluding hydrogens is 342 g/mol. The normalized spacial score (nSPS) is 15.9. The van der Waals surface area contributed by atoms with E-state index < -0.39 is 0 Å². The van der Waals surface area contributed by atoms with Crippen molar-refractivity contribution in [1.29, 1.82) is 0 Å². The molecule has 1 unspecified atom stereocenters. The van der Waals surface area contributed by atoms with Crippen LogP contribution < -0.4 is 16.0 Å². The number of para-hydroxylation sites is 1. The summed E-state index contributed by atoms with van der Waals surface area (Å²) in [6.45, 7) is 1.40. The van der Waals surface area contributed by atoms with E-state index in [1.807, 2.05) is 36.4 Å². The summed E-state index contributed by atoms with van der Waals surface area (Å²) in [7, 11) is 0. The third kappa shape index (κ3) is 3.68. The second kappa shape index (κ2) is 7.59. The molecular formula is C20H21N5O2. The van der Waals surface area contributed by atoms with Gasteiger partial charge in [0.25, 0.3) is 5.91 Å². The van der Waals surface area contributed by atoms with Crippen molar-refractivity contribution >= 4 is 22.7 Å². The lowest BCUT2D eigenvalue weighted by Crippen LogP contribution is -2.49. The van der Waals surface area contributed by atoms with Crippen LogP contribution in [0.2, 0.25) is 0 Å². The second-order valence-corrected chi connectivity index (χ2v) is 6.57. The molecule has 1 aromatic heterocycles. The quantitative estimate of drug-likeness (QED) is 0.511. The van der Waals surface area contributed by atoms with Crippen LogP contribution in [-0.4, -0.2) is 41.1 Å². The average Bonchev–Trinajstić information content (AvgIpc) is 3.15. The van der Waals surface area contributed by atoms with Crippen LogP contribution in [0.3, 0.4) is 0 Å². The Morgan fingerprint density at radius 1 is 1.00 bits per heavy atom. The van der Waals surface area contributed by atoms with E-state index in [0.29, 0.717) is 31.7 Å². The molecule has 27 heavy (non-hydrogen) atoms. The van der Waals surface area contributed by atoms with Crippen molar-refractivity contribution in [1.82, 2.24) is 26.1 Å². The predicted molar refractivity (Wildman–Crippen MR) is 102 cm³/mol. The first-order valence-electron chi connectivity index (χ1n) is 9.01. The van der Waals surface area contributed by atoms with Gasteiger partial charge in [-0.25, -0.2) is 0 Å². The topological polar surface area (TPSA) is 98.9 Å². The highest BCUT2D eigenvalue weighted by atomic mass is 16.2. The number of aromatic nitrogens is 2. The minimum Gasteiger partial charge on any atom is -0.353 e. The van der Waals surface area contributed by atoms with Crippen molar-refractivity contribution in [3.8, 4) is 0 Å². The zero-order valence-electron chi connectivity index (χ0n) is 14.8. The Bertz CT molecular complexity index is 981. The molecule has 1 atom stereocenters. The van der Waals surface area contributed by atoms with Crippen molar-refractivity contribution in [2.45, 2.75) is 19.0 Å². The van der Waals surface area contributed by atoms with E-state index in [2.05, 4.69) is 38.3 Å². The number of rotatable bonds is 5. The van der Waals surface area contributed by atoms with Gasteiger partial charge in [0.2, 0.25) is 5.91 Å². The van der Waals surface area contributed by atoms with Crippen LogP contribution in [0, 0.1) is 0 Å². The summed E-state index contributed by atoms with van der Waals surface area (Å²) in [6, 6.07) is 15.4. The molecule has 4 rings (SSSR count). The van der Waals surface area contributed by atoms with E-state index >= 15 is 0 Å². The summed E-state index contributed by atoms with van der Waals surface area (Å²) in [6.07, 6.45) is 0.674. The minimum absolute atomic E-state index is 0.0519. The van der Waals surface area contributed by atoms with Gasteiger partial charge in [-0.15, -0.1) is 0 Å². The van der Waals surface area contributed by atoms with Gasteiger partial charge in [-0.1, -0.05) is 42.5 Å². The third-order valence-corrected chi connectivity index (χ3v) is 4.79. The largest absolute Gasteiger partial charge is 0.353 e. The van der Waals surface area contributed by atoms with Crippen molar-refractivity contribution in [3.05, 3.63) is 65.4 Å². The Morgan fingerprint density at radius 3 is 2.63 bits per heavy atom. The number of hydrogen-bond acceptors (Lipinski definition) is 4. The van der Waals surface area contributed by atoms with E-state index in [1.165, 1.54) is 11.1 Å². The van der Waals surface area contributed by atoms with Crippen LogP contribution in [-0.2, 0) is 17.8 Å². The van der Waals surface area contributed by atoms with Gasteiger partial charge < -0.3 is 16.0 Å². The summed E-state index contributed by atoms with van der Waals surface area (Å²) in [5.41, 5.74) is 3.62. The zero-order valence-corrected chi connectivity index (χ0v) is 14.8. The lowest BCUT2D eigenvalue weighted by molar-refractivity contribution is -0.123. The van der Waals surface area contributed by atoms with Gasteiger partial charge >= 0.3 is 0 Å². The fourth-order valence-electron chi connectivity index (χ4n) is 3.34. The van der Waals surface area contributed by atoms with Crippen LogP contribution in [0.1, 0.15) is 21.6 Å². The maximum atomic E-state index is 12.4. The summed E-state index contributed by atoms with van der Waals surface area (Å²) < 4.78 is 0. The number of nitrogens with one attached hydrogen (secondary N) is 4. The highest BCUT2D eigenvalue weighted by molar-refractivity contribution is 6.04. The van der Waals surface area contributed by atoms with E-state index in [1.54, 1.807) is 0 Å². The number of carbonyl (C=O) groups is 2. The Morgan fingerprint density at radius 2 is 1.74 bits per heavy atom. The molecule has 0 saturated heterocycles. The van der Waals surface area contributed by atoms with Gasteiger partial charge in [0.05, 0.1) is 11.6 Å². The first-order chi connectivity index (χ1) is 13.2. The molecule has 0 fully saturated rings. The zero-order chi connectivity index (χ0) is 18.6. The van der Waals surface area contributed by atoms with Crippen LogP contribution >= 0.6 is 0 Å². The fourth-order valence-corrected chi connectivity index (χ4v) is 3.34. The number of fused-ring (bicyclic) bond motifs is 2. The van der Waals surface area contributed by atoms with E-state index in [-0.39, 0.29) is 17.9 Å². The number of amides is 2. The molecule has 4 N–H and O–H groups in total. The molecule has 2 aromatic carbocycles. The third-order valence-electron chi connectivity index (χ3n) is 4.79. The predicted octanol–water partition coefficient (Wildman–Crippen LogP) is 1.12. The van der Waals surface area contributed by atoms with E-state index in [4.69, 9.17) is 0 Å². The molecule has 1 aliphatic rings. The van der Waals surface area contributed by atoms with Crippen LogP contribution in [0.15, 0.2) is 48.5 Å². The van der Waals surface area contributed by atoms with E-state index in [0.717, 1.165) is 10.9 Å². The van der Waals surface area contributed by atoms with Crippen molar-refractivity contribution in [2.24, 2.45) is 0 Å². The first-order valence-corrected chi connectivity index (χ1v) is 9.01. The van der Waals surface area contributed by atoms with Crippen molar-refractivity contribution in [3.63, 3.8) is 0 Å². The molecule has 0 saturated carbocycles.